The van der Waals surface area contributed by atoms with Crippen LogP contribution < -0.4 is 24.3 Å². The summed E-state index contributed by atoms with van der Waals surface area (Å²) in [7, 11) is 0. The molecule has 8 nitrogen and oxygen atoms in total. The number of rotatable bonds is 4. The molecule has 0 aliphatic carbocycles. The van der Waals surface area contributed by atoms with Crippen molar-refractivity contribution in [3.63, 3.8) is 0 Å². The number of halogens is 1. The van der Waals surface area contributed by atoms with E-state index in [4.69, 9.17) is 35.3 Å². The van der Waals surface area contributed by atoms with Gasteiger partial charge in [0.05, 0.1) is 16.3 Å². The summed E-state index contributed by atoms with van der Waals surface area (Å²) < 4.78 is 26.3. The van der Waals surface area contributed by atoms with Crippen molar-refractivity contribution in [1.82, 2.24) is 0 Å². The topological polar surface area (TPSA) is 92.3 Å². The van der Waals surface area contributed by atoms with Gasteiger partial charge in [-0.05, 0) is 18.2 Å². The molecule has 2 heterocycles. The highest BCUT2D eigenvalue weighted by Crippen LogP contribution is 2.38. The van der Waals surface area contributed by atoms with E-state index < -0.39 is 18.5 Å². The maximum Gasteiger partial charge on any atom is 0.338 e. The molecule has 0 atom stereocenters. The van der Waals surface area contributed by atoms with Gasteiger partial charge in [-0.2, -0.15) is 0 Å². The smallest absolute Gasteiger partial charge is 0.338 e. The van der Waals surface area contributed by atoms with Crippen molar-refractivity contribution in [3.8, 4) is 23.0 Å². The second kappa shape index (κ2) is 7.24. The minimum atomic E-state index is -0.656. The number of fused-ring (bicyclic) bond motifs is 2. The first-order valence-corrected chi connectivity index (χ1v) is 8.44. The number of hydrogen-bond donors (Lipinski definition) is 1. The average molecular weight is 392 g/mol. The van der Waals surface area contributed by atoms with E-state index in [9.17, 15) is 9.59 Å². The zero-order chi connectivity index (χ0) is 18.8. The molecule has 1 N–H and O–H groups in total. The molecule has 0 saturated carbocycles. The maximum atomic E-state index is 12.1. The first kappa shape index (κ1) is 17.3. The lowest BCUT2D eigenvalue weighted by Gasteiger charge is -2.20. The van der Waals surface area contributed by atoms with Crippen molar-refractivity contribution in [3.05, 3.63) is 40.9 Å². The predicted molar refractivity (Wildman–Crippen MR) is 93.9 cm³/mol. The molecule has 2 aromatic carbocycles. The molecule has 2 aliphatic heterocycles. The maximum absolute atomic E-state index is 12.1. The van der Waals surface area contributed by atoms with Crippen molar-refractivity contribution >= 4 is 29.2 Å². The lowest BCUT2D eigenvalue weighted by molar-refractivity contribution is -0.119. The molecule has 0 saturated heterocycles. The summed E-state index contributed by atoms with van der Waals surface area (Å²) in [5.41, 5.74) is 0.592. The molecule has 0 radical (unpaired) electrons. The third-order valence-electron chi connectivity index (χ3n) is 3.85. The van der Waals surface area contributed by atoms with Gasteiger partial charge in [-0.3, -0.25) is 4.79 Å². The van der Waals surface area contributed by atoms with E-state index in [0.29, 0.717) is 41.9 Å². The van der Waals surface area contributed by atoms with Crippen LogP contribution in [0.25, 0.3) is 0 Å². The molecule has 0 unspecified atom stereocenters. The normalized spacial score (nSPS) is 13.8. The quantitative estimate of drug-likeness (QED) is 0.801. The molecule has 9 heteroatoms. The van der Waals surface area contributed by atoms with Gasteiger partial charge < -0.3 is 29.0 Å². The molecule has 1 amide bonds. The largest absolute Gasteiger partial charge is 0.486 e. The van der Waals surface area contributed by atoms with Crippen molar-refractivity contribution in [2.45, 2.75) is 0 Å². The fourth-order valence-electron chi connectivity index (χ4n) is 2.58. The highest BCUT2D eigenvalue weighted by molar-refractivity contribution is 6.34. The van der Waals surface area contributed by atoms with Crippen molar-refractivity contribution in [2.75, 3.05) is 31.9 Å². The van der Waals surface area contributed by atoms with Crippen LogP contribution in [0.15, 0.2) is 30.3 Å². The van der Waals surface area contributed by atoms with E-state index in [0.717, 1.165) is 0 Å². The molecule has 0 fully saturated rings. The second-order valence-corrected chi connectivity index (χ2v) is 6.08. The van der Waals surface area contributed by atoms with E-state index in [-0.39, 0.29) is 17.4 Å². The van der Waals surface area contributed by atoms with Gasteiger partial charge >= 0.3 is 5.97 Å². The molecular weight excluding hydrogens is 378 g/mol. The number of carbonyl (C=O) groups is 2. The Kier molecular flexibility index (Phi) is 4.64. The van der Waals surface area contributed by atoms with E-state index >= 15 is 0 Å². The molecule has 4 rings (SSSR count). The highest BCUT2D eigenvalue weighted by Gasteiger charge is 2.19. The fraction of sp³-hybridized carbons (Fsp3) is 0.222. The Labute approximate surface area is 158 Å². The Balaban J connectivity index is 1.36. The van der Waals surface area contributed by atoms with E-state index in [1.54, 1.807) is 18.2 Å². The summed E-state index contributed by atoms with van der Waals surface area (Å²) in [6.45, 7) is 0.477. The Bertz CT molecular complexity index is 915. The van der Waals surface area contributed by atoms with Crippen molar-refractivity contribution in [1.29, 1.82) is 0 Å². The number of benzene rings is 2. The first-order chi connectivity index (χ1) is 13.1. The Morgan fingerprint density at radius 3 is 2.48 bits per heavy atom. The third kappa shape index (κ3) is 3.70. The Morgan fingerprint density at radius 2 is 1.67 bits per heavy atom. The minimum absolute atomic E-state index is 0.104. The van der Waals surface area contributed by atoms with Gasteiger partial charge in [0.15, 0.2) is 29.6 Å². The molecule has 0 aromatic heterocycles. The number of anilines is 1. The summed E-state index contributed by atoms with van der Waals surface area (Å²) in [6, 6.07) is 7.76. The highest BCUT2D eigenvalue weighted by atomic mass is 35.5. The van der Waals surface area contributed by atoms with Crippen LogP contribution in [0.2, 0.25) is 5.02 Å². The first-order valence-electron chi connectivity index (χ1n) is 8.06. The van der Waals surface area contributed by atoms with Gasteiger partial charge in [-0.15, -0.1) is 0 Å². The van der Waals surface area contributed by atoms with E-state index in [1.165, 1.54) is 12.1 Å². The predicted octanol–water partition coefficient (Wildman–Crippen LogP) is 2.64. The van der Waals surface area contributed by atoms with Crippen LogP contribution in [-0.2, 0) is 9.53 Å². The molecule has 2 aliphatic rings. The van der Waals surface area contributed by atoms with Crippen molar-refractivity contribution in [2.24, 2.45) is 0 Å². The SMILES string of the molecule is O=C(COC(=O)c1ccc2c(c1)OCO2)Nc1cc2c(cc1Cl)OCCO2. The Morgan fingerprint density at radius 1 is 0.963 bits per heavy atom. The lowest BCUT2D eigenvalue weighted by atomic mass is 10.2. The van der Waals surface area contributed by atoms with Crippen LogP contribution in [0.1, 0.15) is 10.4 Å². The minimum Gasteiger partial charge on any atom is -0.486 e. The number of carbonyl (C=O) groups excluding carboxylic acids is 2. The monoisotopic (exact) mass is 391 g/mol. The van der Waals surface area contributed by atoms with Crippen LogP contribution in [0.3, 0.4) is 0 Å². The Hall–Kier alpha value is -3.13. The van der Waals surface area contributed by atoms with E-state index in [1.807, 2.05) is 0 Å². The number of nitrogens with one attached hydrogen (secondary N) is 1. The summed E-state index contributed by atoms with van der Waals surface area (Å²) >= 11 is 6.13. The van der Waals surface area contributed by atoms with Crippen LogP contribution in [0.5, 0.6) is 23.0 Å². The van der Waals surface area contributed by atoms with Gasteiger partial charge in [0.2, 0.25) is 6.79 Å². The zero-order valence-corrected chi connectivity index (χ0v) is 14.7. The summed E-state index contributed by atoms with van der Waals surface area (Å²) in [5.74, 6) is 0.811. The molecule has 0 bridgehead atoms. The van der Waals surface area contributed by atoms with Gasteiger partial charge in [0.1, 0.15) is 13.2 Å². The van der Waals surface area contributed by atoms with Gasteiger partial charge in [0.25, 0.3) is 5.91 Å². The zero-order valence-electron chi connectivity index (χ0n) is 14.0. The van der Waals surface area contributed by atoms with Crippen LogP contribution >= 0.6 is 11.6 Å². The summed E-state index contributed by atoms with van der Waals surface area (Å²) in [5, 5.41) is 2.87. The van der Waals surface area contributed by atoms with Gasteiger partial charge in [-0.1, -0.05) is 11.6 Å². The average Bonchev–Trinajstić information content (AvgIpc) is 3.14. The summed E-state index contributed by atoms with van der Waals surface area (Å²) in [6.07, 6.45) is 0. The molecule has 0 spiro atoms. The van der Waals surface area contributed by atoms with Gasteiger partial charge in [0, 0.05) is 12.1 Å². The number of amides is 1. The van der Waals surface area contributed by atoms with E-state index in [2.05, 4.69) is 5.32 Å². The molecule has 2 aromatic rings. The van der Waals surface area contributed by atoms with Crippen LogP contribution in [0, 0.1) is 0 Å². The third-order valence-corrected chi connectivity index (χ3v) is 4.16. The van der Waals surface area contributed by atoms with Crippen molar-refractivity contribution < 1.29 is 33.3 Å². The standard InChI is InChI=1S/C18H14ClNO7/c19-11-6-15-16(24-4-3-23-15)7-12(11)20-17(21)8-25-18(22)10-1-2-13-14(5-10)27-9-26-13/h1-2,5-7H,3-4,8-9H2,(H,20,21). The van der Waals surface area contributed by atoms with Crippen LogP contribution in [0.4, 0.5) is 5.69 Å². The summed E-state index contributed by atoms with van der Waals surface area (Å²) in [4.78, 5) is 24.2. The molecular formula is C18H14ClNO7. The fourth-order valence-corrected chi connectivity index (χ4v) is 2.78. The molecule has 27 heavy (non-hydrogen) atoms. The second-order valence-electron chi connectivity index (χ2n) is 5.67. The number of hydrogen-bond acceptors (Lipinski definition) is 7. The lowest BCUT2D eigenvalue weighted by Crippen LogP contribution is -2.21. The number of esters is 1. The van der Waals surface area contributed by atoms with Crippen LogP contribution in [-0.4, -0.2) is 38.5 Å². The van der Waals surface area contributed by atoms with Gasteiger partial charge in [-0.25, -0.2) is 4.79 Å². The number of ether oxygens (including phenoxy) is 5. The molecule has 140 valence electrons.